The van der Waals surface area contributed by atoms with E-state index in [0.29, 0.717) is 42.5 Å². The zero-order valence-electron chi connectivity index (χ0n) is 17.1. The summed E-state index contributed by atoms with van der Waals surface area (Å²) in [5.41, 5.74) is 1.37. The predicted molar refractivity (Wildman–Crippen MR) is 113 cm³/mol. The molecule has 8 nitrogen and oxygen atoms in total. The van der Waals surface area contributed by atoms with Gasteiger partial charge in [0.15, 0.2) is 11.5 Å². The fourth-order valence-corrected chi connectivity index (χ4v) is 4.10. The summed E-state index contributed by atoms with van der Waals surface area (Å²) in [6.07, 6.45) is 1.73. The van der Waals surface area contributed by atoms with Gasteiger partial charge in [-0.15, -0.1) is 0 Å². The molecule has 0 fully saturated rings. The minimum absolute atomic E-state index is 0.154. The lowest BCUT2D eigenvalue weighted by atomic mass is 10.2. The van der Waals surface area contributed by atoms with Crippen LogP contribution >= 0.6 is 0 Å². The summed E-state index contributed by atoms with van der Waals surface area (Å²) in [7, 11) is -3.52. The SMILES string of the molecule is CCOc1ccccc1N(CCCC(=O)NCc1ccc2c(c1)OCO2)S(C)(=O)=O. The van der Waals surface area contributed by atoms with Gasteiger partial charge in [-0.1, -0.05) is 18.2 Å². The van der Waals surface area contributed by atoms with Crippen molar-refractivity contribution in [2.75, 3.05) is 30.5 Å². The summed E-state index contributed by atoms with van der Waals surface area (Å²) in [4.78, 5) is 12.2. The Morgan fingerprint density at radius 3 is 2.70 bits per heavy atom. The number of ether oxygens (including phenoxy) is 3. The van der Waals surface area contributed by atoms with Gasteiger partial charge in [0.25, 0.3) is 0 Å². The molecule has 162 valence electrons. The molecule has 0 radical (unpaired) electrons. The molecule has 0 unspecified atom stereocenters. The number of carbonyl (C=O) groups is 1. The molecule has 1 amide bonds. The number of nitrogens with zero attached hydrogens (tertiary/aromatic N) is 1. The highest BCUT2D eigenvalue weighted by Crippen LogP contribution is 2.32. The molecule has 1 aliphatic heterocycles. The first-order chi connectivity index (χ1) is 14.4. The fourth-order valence-electron chi connectivity index (χ4n) is 3.13. The van der Waals surface area contributed by atoms with Crippen molar-refractivity contribution in [1.82, 2.24) is 5.32 Å². The molecule has 0 saturated carbocycles. The number of amides is 1. The molecule has 0 bridgehead atoms. The molecule has 1 aliphatic rings. The number of para-hydroxylation sites is 2. The Balaban J connectivity index is 1.54. The van der Waals surface area contributed by atoms with Gasteiger partial charge in [-0.25, -0.2) is 8.42 Å². The predicted octanol–water partition coefficient (Wildman–Crippen LogP) is 2.68. The number of sulfonamides is 1. The fraction of sp³-hybridized carbons (Fsp3) is 0.381. The van der Waals surface area contributed by atoms with Crippen molar-refractivity contribution in [1.29, 1.82) is 0 Å². The lowest BCUT2D eigenvalue weighted by Crippen LogP contribution is -2.32. The van der Waals surface area contributed by atoms with Crippen LogP contribution in [0.2, 0.25) is 0 Å². The van der Waals surface area contributed by atoms with Crippen LogP contribution in [0, 0.1) is 0 Å². The van der Waals surface area contributed by atoms with Crippen LogP contribution < -0.4 is 23.8 Å². The standard InChI is InChI=1S/C21H26N2O6S/c1-3-27-18-8-5-4-7-17(18)23(30(2,25)26)12-6-9-21(24)22-14-16-10-11-19-20(13-16)29-15-28-19/h4-5,7-8,10-11,13H,3,6,9,12,14-15H2,1-2H3,(H,22,24). The summed E-state index contributed by atoms with van der Waals surface area (Å²) < 4.78 is 42.1. The summed E-state index contributed by atoms with van der Waals surface area (Å²) in [6, 6.07) is 12.5. The molecule has 1 heterocycles. The van der Waals surface area contributed by atoms with Gasteiger partial charge in [0, 0.05) is 19.5 Å². The molecule has 0 aromatic heterocycles. The lowest BCUT2D eigenvalue weighted by Gasteiger charge is -2.24. The maximum Gasteiger partial charge on any atom is 0.232 e. The highest BCUT2D eigenvalue weighted by Gasteiger charge is 2.21. The Labute approximate surface area is 176 Å². The van der Waals surface area contributed by atoms with E-state index in [1.165, 1.54) is 4.31 Å². The third-order valence-electron chi connectivity index (χ3n) is 4.53. The average Bonchev–Trinajstić information content (AvgIpc) is 3.17. The molecule has 1 N–H and O–H groups in total. The quantitative estimate of drug-likeness (QED) is 0.618. The van der Waals surface area contributed by atoms with E-state index < -0.39 is 10.0 Å². The molecule has 9 heteroatoms. The van der Waals surface area contributed by atoms with Crippen LogP contribution in [0.3, 0.4) is 0 Å². The third-order valence-corrected chi connectivity index (χ3v) is 5.71. The molecular formula is C21H26N2O6S. The van der Waals surface area contributed by atoms with Crippen molar-refractivity contribution >= 4 is 21.6 Å². The molecule has 0 atom stereocenters. The minimum Gasteiger partial charge on any atom is -0.492 e. The van der Waals surface area contributed by atoms with Crippen LogP contribution in [0.25, 0.3) is 0 Å². The molecule has 0 saturated heterocycles. The van der Waals surface area contributed by atoms with Gasteiger partial charge in [-0.3, -0.25) is 9.10 Å². The number of carbonyl (C=O) groups excluding carboxylic acids is 1. The van der Waals surface area contributed by atoms with Crippen molar-refractivity contribution < 1.29 is 27.4 Å². The molecule has 30 heavy (non-hydrogen) atoms. The van der Waals surface area contributed by atoms with E-state index in [4.69, 9.17) is 14.2 Å². The molecule has 0 aliphatic carbocycles. The van der Waals surface area contributed by atoms with Crippen molar-refractivity contribution in [3.63, 3.8) is 0 Å². The Morgan fingerprint density at radius 2 is 1.93 bits per heavy atom. The van der Waals surface area contributed by atoms with Gasteiger partial charge >= 0.3 is 0 Å². The van der Waals surface area contributed by atoms with E-state index in [-0.39, 0.29) is 25.7 Å². The number of rotatable bonds is 10. The topological polar surface area (TPSA) is 94.2 Å². The number of hydrogen-bond donors (Lipinski definition) is 1. The minimum atomic E-state index is -3.52. The maximum atomic E-state index is 12.3. The van der Waals surface area contributed by atoms with Crippen LogP contribution in [-0.4, -0.2) is 40.5 Å². The van der Waals surface area contributed by atoms with Crippen molar-refractivity contribution in [2.45, 2.75) is 26.3 Å². The van der Waals surface area contributed by atoms with E-state index in [1.807, 2.05) is 25.1 Å². The Kier molecular flexibility index (Phi) is 7.04. The monoisotopic (exact) mass is 434 g/mol. The largest absolute Gasteiger partial charge is 0.492 e. The number of hydrogen-bond acceptors (Lipinski definition) is 6. The number of nitrogens with one attached hydrogen (secondary N) is 1. The zero-order valence-corrected chi connectivity index (χ0v) is 17.9. The highest BCUT2D eigenvalue weighted by atomic mass is 32.2. The zero-order chi connectivity index (χ0) is 21.6. The molecular weight excluding hydrogens is 408 g/mol. The number of anilines is 1. The summed E-state index contributed by atoms with van der Waals surface area (Å²) in [5, 5.41) is 2.85. The van der Waals surface area contributed by atoms with E-state index in [2.05, 4.69) is 5.32 Å². The third kappa shape index (κ3) is 5.56. The van der Waals surface area contributed by atoms with E-state index in [9.17, 15) is 13.2 Å². The van der Waals surface area contributed by atoms with Crippen LogP contribution in [-0.2, 0) is 21.4 Å². The smallest absolute Gasteiger partial charge is 0.232 e. The van der Waals surface area contributed by atoms with Crippen molar-refractivity contribution in [3.05, 3.63) is 48.0 Å². The first-order valence-corrected chi connectivity index (χ1v) is 11.6. The Bertz CT molecular complexity index is 993. The Hall–Kier alpha value is -2.94. The second-order valence-corrected chi connectivity index (χ2v) is 8.71. The average molecular weight is 435 g/mol. The van der Waals surface area contributed by atoms with Crippen LogP contribution in [0.1, 0.15) is 25.3 Å². The van der Waals surface area contributed by atoms with Crippen molar-refractivity contribution in [2.24, 2.45) is 0 Å². The van der Waals surface area contributed by atoms with Crippen molar-refractivity contribution in [3.8, 4) is 17.2 Å². The van der Waals surface area contributed by atoms with Crippen LogP contribution in [0.15, 0.2) is 42.5 Å². The summed E-state index contributed by atoms with van der Waals surface area (Å²) in [5.74, 6) is 1.70. The normalized spacial score (nSPS) is 12.5. The van der Waals surface area contributed by atoms with Gasteiger partial charge in [0.2, 0.25) is 22.7 Å². The van der Waals surface area contributed by atoms with Gasteiger partial charge in [0.1, 0.15) is 5.75 Å². The van der Waals surface area contributed by atoms with E-state index >= 15 is 0 Å². The van der Waals surface area contributed by atoms with Gasteiger partial charge < -0.3 is 19.5 Å². The van der Waals surface area contributed by atoms with Crippen LogP contribution in [0.4, 0.5) is 5.69 Å². The lowest BCUT2D eigenvalue weighted by molar-refractivity contribution is -0.121. The highest BCUT2D eigenvalue weighted by molar-refractivity contribution is 7.92. The van der Waals surface area contributed by atoms with Crippen LogP contribution in [0.5, 0.6) is 17.2 Å². The molecule has 2 aromatic carbocycles. The summed E-state index contributed by atoms with van der Waals surface area (Å²) >= 11 is 0. The number of benzene rings is 2. The first-order valence-electron chi connectivity index (χ1n) is 9.73. The number of fused-ring (bicyclic) bond motifs is 1. The maximum absolute atomic E-state index is 12.3. The van der Waals surface area contributed by atoms with E-state index in [0.717, 1.165) is 11.8 Å². The molecule has 2 aromatic rings. The van der Waals surface area contributed by atoms with Gasteiger partial charge in [0.05, 0.1) is 18.6 Å². The summed E-state index contributed by atoms with van der Waals surface area (Å²) in [6.45, 7) is 3.01. The first kappa shape index (κ1) is 21.8. The molecule has 3 rings (SSSR count). The van der Waals surface area contributed by atoms with Gasteiger partial charge in [-0.05, 0) is 43.2 Å². The Morgan fingerprint density at radius 1 is 1.17 bits per heavy atom. The second kappa shape index (κ2) is 9.71. The second-order valence-electron chi connectivity index (χ2n) is 6.80. The van der Waals surface area contributed by atoms with E-state index in [1.54, 1.807) is 24.3 Å². The van der Waals surface area contributed by atoms with Gasteiger partial charge in [-0.2, -0.15) is 0 Å². The molecule has 0 spiro atoms.